The molecule has 14 aromatic rings. The molecule has 75 heavy (non-hydrogen) atoms. The van der Waals surface area contributed by atoms with Gasteiger partial charge in [0.25, 0.3) is 0 Å². The monoisotopic (exact) mass is 959 g/mol. The molecule has 4 heterocycles. The van der Waals surface area contributed by atoms with Gasteiger partial charge in [0, 0.05) is 73.2 Å². The van der Waals surface area contributed by atoms with Crippen molar-refractivity contribution in [3.8, 4) is 56.1 Å². The van der Waals surface area contributed by atoms with Crippen molar-refractivity contribution in [2.24, 2.45) is 0 Å². The van der Waals surface area contributed by atoms with Crippen LogP contribution >= 0.6 is 0 Å². The number of anilines is 3. The first kappa shape index (κ1) is 43.9. The Morgan fingerprint density at radius 3 is 1.13 bits per heavy atom. The molecule has 5 heteroatoms. The summed E-state index contributed by atoms with van der Waals surface area (Å²) in [5.74, 6) is 0. The minimum atomic E-state index is 0.887. The van der Waals surface area contributed by atoms with Gasteiger partial charge in [-0.25, -0.2) is 0 Å². The Kier molecular flexibility index (Phi) is 10.6. The van der Waals surface area contributed by atoms with E-state index in [1.165, 1.54) is 21.5 Å². The van der Waals surface area contributed by atoms with E-state index in [1.54, 1.807) is 0 Å². The summed E-state index contributed by atoms with van der Waals surface area (Å²) in [5.41, 5.74) is 20.2. The molecule has 0 atom stereocenters. The highest BCUT2D eigenvalue weighted by atomic mass is 15.2. The van der Waals surface area contributed by atoms with Crippen LogP contribution in [0.3, 0.4) is 0 Å². The highest BCUT2D eigenvalue weighted by Crippen LogP contribution is 2.46. The van der Waals surface area contributed by atoms with E-state index in [4.69, 9.17) is 9.97 Å². The molecule has 5 nitrogen and oxygen atoms in total. The molecule has 0 spiro atoms. The van der Waals surface area contributed by atoms with Gasteiger partial charge in [0.2, 0.25) is 0 Å². The highest BCUT2D eigenvalue weighted by molar-refractivity contribution is 6.11. The van der Waals surface area contributed by atoms with Crippen LogP contribution in [0, 0.1) is 13.8 Å². The van der Waals surface area contributed by atoms with Gasteiger partial charge in [0.15, 0.2) is 0 Å². The first-order valence-electron chi connectivity index (χ1n) is 25.6. The van der Waals surface area contributed by atoms with Crippen molar-refractivity contribution in [1.29, 1.82) is 0 Å². The number of hydrogen-bond donors (Lipinski definition) is 0. The first-order chi connectivity index (χ1) is 37.0. The van der Waals surface area contributed by atoms with Crippen molar-refractivity contribution < 1.29 is 0 Å². The Labute approximate surface area is 435 Å². The van der Waals surface area contributed by atoms with Gasteiger partial charge >= 0.3 is 0 Å². The number of nitrogens with zero attached hydrogens (tertiary/aromatic N) is 5. The SMILES string of the molecule is Cc1cnc(-c2cc(N(c3cc(-c4cc(-c5ccccc5)c(C)cn4)cc(-n4c5ccccc5c5ccccc54)c3)c3cccc4ccccc34)cc(-n3c4ccccc4c4ccccc43)c2)cc1-c1ccccc1. The van der Waals surface area contributed by atoms with Gasteiger partial charge in [-0.2, -0.15) is 0 Å². The topological polar surface area (TPSA) is 38.9 Å². The van der Waals surface area contributed by atoms with Crippen LogP contribution in [0.4, 0.5) is 17.1 Å². The zero-order chi connectivity index (χ0) is 50.0. The third kappa shape index (κ3) is 7.55. The Hall–Kier alpha value is -9.84. The van der Waals surface area contributed by atoms with Crippen molar-refractivity contribution >= 4 is 71.4 Å². The quantitative estimate of drug-likeness (QED) is 0.145. The lowest BCUT2D eigenvalue weighted by atomic mass is 9.98. The van der Waals surface area contributed by atoms with Gasteiger partial charge in [-0.05, 0) is 131 Å². The zero-order valence-corrected chi connectivity index (χ0v) is 41.6. The second-order valence-corrected chi connectivity index (χ2v) is 19.6. The lowest BCUT2D eigenvalue weighted by Crippen LogP contribution is -2.13. The smallest absolute Gasteiger partial charge is 0.0709 e. The maximum atomic E-state index is 5.24. The van der Waals surface area contributed by atoms with Crippen LogP contribution in [-0.2, 0) is 0 Å². The highest BCUT2D eigenvalue weighted by Gasteiger charge is 2.24. The van der Waals surface area contributed by atoms with E-state index >= 15 is 0 Å². The molecule has 4 aromatic heterocycles. The first-order valence-corrected chi connectivity index (χ1v) is 25.6. The van der Waals surface area contributed by atoms with Crippen LogP contribution in [0.1, 0.15) is 11.1 Å². The molecule has 0 saturated carbocycles. The molecule has 354 valence electrons. The molecular weight excluding hydrogens is 911 g/mol. The summed E-state index contributed by atoms with van der Waals surface area (Å²) < 4.78 is 4.85. The molecule has 0 unspecified atom stereocenters. The predicted molar refractivity (Wildman–Crippen MR) is 314 cm³/mol. The number of aromatic nitrogens is 4. The van der Waals surface area contributed by atoms with Crippen LogP contribution in [0.25, 0.3) is 111 Å². The van der Waals surface area contributed by atoms with E-state index in [2.05, 4.69) is 277 Å². The summed E-state index contributed by atoms with van der Waals surface area (Å²) in [6.07, 6.45) is 4.04. The standard InChI is InChI=1S/C70H49N5/c1-46-44-71-64(42-62(46)49-20-5-3-6-21-49)51-36-53(40-55(38-51)74-67-31-15-11-27-58(67)59-28-12-16-32-68(59)74)73(66-35-19-25-48-24-9-10-26-57(48)66)54-37-52(65-43-63(47(2)45-72-65)50-22-7-4-8-23-50)39-56(41-54)75-69-33-17-13-29-60(69)61-30-14-18-34-70(61)75/h3-45H,1-2H3. The number of fused-ring (bicyclic) bond motifs is 7. The van der Waals surface area contributed by atoms with Crippen molar-refractivity contribution in [2.45, 2.75) is 13.8 Å². The zero-order valence-electron chi connectivity index (χ0n) is 41.6. The normalized spacial score (nSPS) is 11.6. The number of hydrogen-bond acceptors (Lipinski definition) is 3. The van der Waals surface area contributed by atoms with Gasteiger partial charge in [-0.1, -0.05) is 170 Å². The van der Waals surface area contributed by atoms with E-state index in [0.29, 0.717) is 0 Å². The van der Waals surface area contributed by atoms with Crippen LogP contribution in [-0.4, -0.2) is 19.1 Å². The fourth-order valence-electron chi connectivity index (χ4n) is 11.5. The Balaban J connectivity index is 1.10. The molecule has 0 aliphatic rings. The third-order valence-corrected chi connectivity index (χ3v) is 15.0. The second-order valence-electron chi connectivity index (χ2n) is 19.6. The van der Waals surface area contributed by atoms with E-state index in [9.17, 15) is 0 Å². The van der Waals surface area contributed by atoms with Crippen LogP contribution in [0.15, 0.2) is 261 Å². The number of para-hydroxylation sites is 4. The molecule has 0 bridgehead atoms. The number of rotatable bonds is 9. The average Bonchev–Trinajstić information content (AvgIpc) is 3.99. The minimum Gasteiger partial charge on any atom is -0.310 e. The number of aryl methyl sites for hydroxylation is 2. The van der Waals surface area contributed by atoms with Gasteiger partial charge in [-0.3, -0.25) is 9.97 Å². The fraction of sp³-hybridized carbons (Fsp3) is 0.0286. The summed E-state index contributed by atoms with van der Waals surface area (Å²) in [5, 5.41) is 7.10. The van der Waals surface area contributed by atoms with E-state index in [0.717, 1.165) is 117 Å². The molecule has 0 aliphatic heterocycles. The minimum absolute atomic E-state index is 0.887. The Bertz CT molecular complexity index is 4150. The van der Waals surface area contributed by atoms with Gasteiger partial charge in [-0.15, -0.1) is 0 Å². The summed E-state index contributed by atoms with van der Waals surface area (Å²) in [4.78, 5) is 12.9. The molecule has 14 rings (SSSR count). The lowest BCUT2D eigenvalue weighted by molar-refractivity contribution is 1.16. The average molecular weight is 960 g/mol. The fourth-order valence-corrected chi connectivity index (χ4v) is 11.5. The molecule has 0 N–H and O–H groups in total. The maximum absolute atomic E-state index is 5.24. The Morgan fingerprint density at radius 2 is 0.693 bits per heavy atom. The van der Waals surface area contributed by atoms with Crippen molar-refractivity contribution in [3.05, 3.63) is 272 Å². The van der Waals surface area contributed by atoms with Gasteiger partial charge in [0.05, 0.1) is 39.1 Å². The summed E-state index contributed by atoms with van der Waals surface area (Å²) >= 11 is 0. The summed E-state index contributed by atoms with van der Waals surface area (Å²) in [6.45, 7) is 4.30. The van der Waals surface area contributed by atoms with Crippen molar-refractivity contribution in [1.82, 2.24) is 19.1 Å². The van der Waals surface area contributed by atoms with E-state index in [-0.39, 0.29) is 0 Å². The van der Waals surface area contributed by atoms with E-state index < -0.39 is 0 Å². The largest absolute Gasteiger partial charge is 0.310 e. The van der Waals surface area contributed by atoms with E-state index in [1.807, 2.05) is 12.4 Å². The molecule has 0 radical (unpaired) electrons. The molecule has 0 aliphatic carbocycles. The predicted octanol–water partition coefficient (Wildman–Crippen LogP) is 18.6. The van der Waals surface area contributed by atoms with Crippen LogP contribution in [0.5, 0.6) is 0 Å². The van der Waals surface area contributed by atoms with Gasteiger partial charge < -0.3 is 14.0 Å². The molecule has 10 aromatic carbocycles. The number of pyridine rings is 2. The third-order valence-electron chi connectivity index (χ3n) is 15.0. The lowest BCUT2D eigenvalue weighted by Gasteiger charge is -2.29. The Morgan fingerprint density at radius 1 is 0.320 bits per heavy atom. The van der Waals surface area contributed by atoms with Crippen molar-refractivity contribution in [3.63, 3.8) is 0 Å². The molecular formula is C70H49N5. The van der Waals surface area contributed by atoms with Crippen molar-refractivity contribution in [2.75, 3.05) is 4.90 Å². The second kappa shape index (κ2) is 18.0. The summed E-state index contributed by atoms with van der Waals surface area (Å²) in [6, 6.07) is 90.2. The number of benzene rings is 10. The van der Waals surface area contributed by atoms with Gasteiger partial charge in [0.1, 0.15) is 0 Å². The molecule has 0 saturated heterocycles. The van der Waals surface area contributed by atoms with Crippen LogP contribution in [0.2, 0.25) is 0 Å². The summed E-state index contributed by atoms with van der Waals surface area (Å²) in [7, 11) is 0. The van der Waals surface area contributed by atoms with Crippen LogP contribution < -0.4 is 4.90 Å². The molecule has 0 amide bonds. The maximum Gasteiger partial charge on any atom is 0.0709 e. The molecule has 0 fully saturated rings.